The average Bonchev–Trinajstić information content (AvgIpc) is 2.49. The zero-order chi connectivity index (χ0) is 14.2. The average molecular weight is 278 g/mol. The highest BCUT2D eigenvalue weighted by molar-refractivity contribution is 7.85. The highest BCUT2D eigenvalue weighted by Gasteiger charge is 2.61. The monoisotopic (exact) mass is 278 g/mol. The Hall–Kier alpha value is -0.460. The summed E-state index contributed by atoms with van der Waals surface area (Å²) in [5, 5.41) is 7.86. The molecule has 5 nitrogen and oxygen atoms in total. The first kappa shape index (κ1) is 15.6. The van der Waals surface area contributed by atoms with Crippen LogP contribution in [0.4, 0.5) is 0 Å². The second kappa shape index (κ2) is 4.90. The minimum atomic E-state index is -3.92. The van der Waals surface area contributed by atoms with Crippen molar-refractivity contribution in [3.05, 3.63) is 0 Å². The van der Waals surface area contributed by atoms with Gasteiger partial charge in [0.2, 0.25) is 0 Å². The molecule has 0 aromatic rings. The highest BCUT2D eigenvalue weighted by atomic mass is 32.2. The molecule has 2 unspecified atom stereocenters. The third-order valence-corrected chi connectivity index (χ3v) is 5.53. The Morgan fingerprint density at radius 3 is 2.00 bits per heavy atom. The molecular formula is C12H22O5S. The predicted molar refractivity (Wildman–Crippen MR) is 67.7 cm³/mol. The molecule has 2 atom stereocenters. The van der Waals surface area contributed by atoms with E-state index in [0.717, 1.165) is 12.8 Å². The van der Waals surface area contributed by atoms with Gasteiger partial charge in [0.15, 0.2) is 0 Å². The van der Waals surface area contributed by atoms with E-state index in [1.165, 1.54) is 6.42 Å². The molecule has 2 saturated carbocycles. The van der Waals surface area contributed by atoms with E-state index in [4.69, 9.17) is 9.66 Å². The number of Topliss-reactive ketones (excluding diaryl/α,β-unsaturated/α-hetero) is 1. The van der Waals surface area contributed by atoms with Crippen LogP contribution in [-0.4, -0.2) is 36.2 Å². The van der Waals surface area contributed by atoms with E-state index < -0.39 is 22.5 Å². The zero-order valence-electron chi connectivity index (χ0n) is 11.1. The van der Waals surface area contributed by atoms with Gasteiger partial charge >= 0.3 is 0 Å². The number of carbonyl (C=O) groups excluding carboxylic acids is 1. The standard InChI is InChI=1S/C10H16O.C2H6O4S/c1-9(2)7-4-5-10(9,3)8(11)6-7;3-1-2-7(4,5)6/h7H,4-6H2,1-3H3;3H,1-2H2,(H,4,5,6). The number of aliphatic hydroxyl groups is 1. The maximum atomic E-state index is 11.6. The number of ketones is 1. The van der Waals surface area contributed by atoms with Gasteiger partial charge in [-0.1, -0.05) is 20.8 Å². The van der Waals surface area contributed by atoms with Crippen molar-refractivity contribution in [2.24, 2.45) is 16.7 Å². The molecule has 2 aliphatic carbocycles. The van der Waals surface area contributed by atoms with Crippen LogP contribution in [0.15, 0.2) is 0 Å². The van der Waals surface area contributed by atoms with Crippen LogP contribution >= 0.6 is 0 Å². The molecule has 0 amide bonds. The normalized spacial score (nSPS) is 33.2. The molecule has 0 aromatic carbocycles. The minimum absolute atomic E-state index is 0.0255. The largest absolute Gasteiger partial charge is 0.395 e. The fourth-order valence-electron chi connectivity index (χ4n) is 3.02. The van der Waals surface area contributed by atoms with Gasteiger partial charge in [-0.15, -0.1) is 0 Å². The van der Waals surface area contributed by atoms with Crippen LogP contribution in [0.3, 0.4) is 0 Å². The lowest BCUT2D eigenvalue weighted by Gasteiger charge is -2.32. The van der Waals surface area contributed by atoms with Crippen LogP contribution in [0.5, 0.6) is 0 Å². The quantitative estimate of drug-likeness (QED) is 0.742. The Bertz CT molecular complexity index is 426. The van der Waals surface area contributed by atoms with E-state index in [1.54, 1.807) is 0 Å². The first-order valence-electron chi connectivity index (χ1n) is 6.14. The van der Waals surface area contributed by atoms with E-state index in [-0.39, 0.29) is 10.8 Å². The van der Waals surface area contributed by atoms with Gasteiger partial charge in [0.05, 0.1) is 12.4 Å². The minimum Gasteiger partial charge on any atom is -0.395 e. The van der Waals surface area contributed by atoms with Crippen molar-refractivity contribution in [3.8, 4) is 0 Å². The Morgan fingerprint density at radius 1 is 1.33 bits per heavy atom. The SMILES string of the molecule is CC12CCC(CC1=O)C2(C)C.O=S(=O)(O)CCO. The number of hydrogen-bond donors (Lipinski definition) is 2. The highest BCUT2D eigenvalue weighted by Crippen LogP contribution is 2.63. The molecule has 18 heavy (non-hydrogen) atoms. The summed E-state index contributed by atoms with van der Waals surface area (Å²) in [5.41, 5.74) is 0.307. The summed E-state index contributed by atoms with van der Waals surface area (Å²) < 4.78 is 27.1. The zero-order valence-corrected chi connectivity index (χ0v) is 12.0. The Labute approximate surface area is 108 Å². The predicted octanol–water partition coefficient (Wildman–Crippen LogP) is 1.27. The van der Waals surface area contributed by atoms with E-state index in [9.17, 15) is 13.2 Å². The summed E-state index contributed by atoms with van der Waals surface area (Å²) in [4.78, 5) is 11.6. The topological polar surface area (TPSA) is 91.7 Å². The Kier molecular flexibility index (Phi) is 4.25. The number of aliphatic hydroxyl groups excluding tert-OH is 1. The maximum absolute atomic E-state index is 11.6. The first-order chi connectivity index (χ1) is 8.04. The Morgan fingerprint density at radius 2 is 1.89 bits per heavy atom. The molecule has 0 aromatic heterocycles. The second-order valence-corrected chi connectivity index (χ2v) is 7.50. The van der Waals surface area contributed by atoms with Crippen molar-refractivity contribution in [2.45, 2.75) is 40.0 Å². The molecule has 2 bridgehead atoms. The van der Waals surface area contributed by atoms with Crippen molar-refractivity contribution >= 4 is 15.9 Å². The number of fused-ring (bicyclic) bond motifs is 2. The molecule has 0 radical (unpaired) electrons. The third kappa shape index (κ3) is 2.75. The van der Waals surface area contributed by atoms with Crippen molar-refractivity contribution in [3.63, 3.8) is 0 Å². The van der Waals surface area contributed by atoms with Crippen LogP contribution < -0.4 is 0 Å². The van der Waals surface area contributed by atoms with E-state index in [0.29, 0.717) is 11.7 Å². The first-order valence-corrected chi connectivity index (χ1v) is 7.75. The number of rotatable bonds is 2. The molecule has 0 saturated heterocycles. The molecule has 0 spiro atoms. The summed E-state index contributed by atoms with van der Waals surface area (Å²) in [6, 6.07) is 0. The van der Waals surface area contributed by atoms with Crippen molar-refractivity contribution in [1.29, 1.82) is 0 Å². The number of carbonyl (C=O) groups is 1. The molecule has 0 heterocycles. The molecular weight excluding hydrogens is 256 g/mol. The smallest absolute Gasteiger partial charge is 0.267 e. The van der Waals surface area contributed by atoms with Gasteiger partial charge in [-0.25, -0.2) is 0 Å². The van der Waals surface area contributed by atoms with Crippen molar-refractivity contribution < 1.29 is 22.9 Å². The van der Waals surface area contributed by atoms with Crippen LogP contribution in [0, 0.1) is 16.7 Å². The molecule has 2 N–H and O–H groups in total. The van der Waals surface area contributed by atoms with Crippen LogP contribution in [-0.2, 0) is 14.9 Å². The van der Waals surface area contributed by atoms with Gasteiger partial charge in [0, 0.05) is 11.8 Å². The maximum Gasteiger partial charge on any atom is 0.267 e. The lowest BCUT2D eigenvalue weighted by molar-refractivity contribution is -0.128. The molecule has 6 heteroatoms. The fourth-order valence-corrected chi connectivity index (χ4v) is 3.25. The molecule has 2 fully saturated rings. The number of hydrogen-bond acceptors (Lipinski definition) is 4. The van der Waals surface area contributed by atoms with E-state index in [2.05, 4.69) is 20.8 Å². The van der Waals surface area contributed by atoms with Crippen LogP contribution in [0.1, 0.15) is 40.0 Å². The summed E-state index contributed by atoms with van der Waals surface area (Å²) in [6.07, 6.45) is 3.25. The molecule has 2 rings (SSSR count). The van der Waals surface area contributed by atoms with Crippen LogP contribution in [0.2, 0.25) is 0 Å². The summed E-state index contributed by atoms with van der Waals surface area (Å²) in [6.45, 7) is 6.15. The summed E-state index contributed by atoms with van der Waals surface area (Å²) >= 11 is 0. The lowest BCUT2D eigenvalue weighted by Crippen LogP contribution is -2.32. The Balaban J connectivity index is 0.000000203. The van der Waals surface area contributed by atoms with Crippen molar-refractivity contribution in [1.82, 2.24) is 0 Å². The van der Waals surface area contributed by atoms with Gasteiger partial charge in [-0.2, -0.15) is 8.42 Å². The van der Waals surface area contributed by atoms with Gasteiger partial charge in [0.1, 0.15) is 5.78 Å². The van der Waals surface area contributed by atoms with Crippen LogP contribution in [0.25, 0.3) is 0 Å². The fraction of sp³-hybridized carbons (Fsp3) is 0.917. The van der Waals surface area contributed by atoms with Crippen molar-refractivity contribution in [2.75, 3.05) is 12.4 Å². The second-order valence-electron chi connectivity index (χ2n) is 5.93. The summed E-state index contributed by atoms with van der Waals surface area (Å²) in [7, 11) is -3.92. The van der Waals surface area contributed by atoms with Gasteiger partial charge in [-0.05, 0) is 24.2 Å². The van der Waals surface area contributed by atoms with Gasteiger partial charge < -0.3 is 5.11 Å². The van der Waals surface area contributed by atoms with E-state index >= 15 is 0 Å². The molecule has 0 aliphatic heterocycles. The van der Waals surface area contributed by atoms with Gasteiger partial charge in [0.25, 0.3) is 10.1 Å². The third-order valence-electron chi connectivity index (χ3n) is 4.83. The van der Waals surface area contributed by atoms with E-state index in [1.807, 2.05) is 0 Å². The summed E-state index contributed by atoms with van der Waals surface area (Å²) in [5.74, 6) is 0.617. The lowest BCUT2D eigenvalue weighted by atomic mass is 9.70. The molecule has 106 valence electrons. The molecule has 2 aliphatic rings. The van der Waals surface area contributed by atoms with Gasteiger partial charge in [-0.3, -0.25) is 9.35 Å².